The van der Waals surface area contributed by atoms with Crippen molar-refractivity contribution in [1.82, 2.24) is 20.4 Å². The SMILES string of the molecule is CCN1C(=O)C(CNc2cccc(C(=O)NCCCN3CCCC3)c2)SC1C(C#N)C(=O)N[C@@H](C)CO. The lowest BCUT2D eigenvalue weighted by atomic mass is 10.1. The molecule has 4 N–H and O–H groups in total. The molecule has 1 aromatic carbocycles. The fourth-order valence-electron chi connectivity index (χ4n) is 4.56. The molecule has 2 heterocycles. The summed E-state index contributed by atoms with van der Waals surface area (Å²) in [7, 11) is 0. The summed E-state index contributed by atoms with van der Waals surface area (Å²) in [6.07, 6.45) is 3.43. The number of thioether (sulfide) groups is 1. The van der Waals surface area contributed by atoms with Gasteiger partial charge in [-0.1, -0.05) is 6.07 Å². The Hall–Kier alpha value is -2.81. The Morgan fingerprint density at radius 2 is 2.05 bits per heavy atom. The van der Waals surface area contributed by atoms with E-state index >= 15 is 0 Å². The van der Waals surface area contributed by atoms with Crippen LogP contribution in [-0.4, -0.2) is 95.2 Å². The minimum absolute atomic E-state index is 0.131. The molecular formula is C26H38N6O4S. The van der Waals surface area contributed by atoms with Crippen molar-refractivity contribution in [1.29, 1.82) is 5.26 Å². The highest BCUT2D eigenvalue weighted by molar-refractivity contribution is 8.01. The van der Waals surface area contributed by atoms with Crippen LogP contribution in [0.4, 0.5) is 5.69 Å². The van der Waals surface area contributed by atoms with Gasteiger partial charge >= 0.3 is 0 Å². The predicted molar refractivity (Wildman–Crippen MR) is 144 cm³/mol. The van der Waals surface area contributed by atoms with Crippen LogP contribution < -0.4 is 16.0 Å². The second-order valence-electron chi connectivity index (χ2n) is 9.46. The molecule has 37 heavy (non-hydrogen) atoms. The topological polar surface area (TPSA) is 138 Å². The van der Waals surface area contributed by atoms with Gasteiger partial charge in [0.2, 0.25) is 11.8 Å². The van der Waals surface area contributed by atoms with Gasteiger partial charge in [-0.25, -0.2) is 0 Å². The summed E-state index contributed by atoms with van der Waals surface area (Å²) in [5.41, 5.74) is 1.26. The molecule has 2 aliphatic heterocycles. The Balaban J connectivity index is 1.53. The number of rotatable bonds is 13. The molecule has 2 aliphatic rings. The van der Waals surface area contributed by atoms with Crippen molar-refractivity contribution in [3.63, 3.8) is 0 Å². The highest BCUT2D eigenvalue weighted by Gasteiger charge is 2.45. The molecule has 2 saturated heterocycles. The molecule has 202 valence electrons. The molecule has 10 nitrogen and oxygen atoms in total. The van der Waals surface area contributed by atoms with Crippen molar-refractivity contribution in [2.45, 2.75) is 49.8 Å². The first-order valence-electron chi connectivity index (χ1n) is 13.0. The second-order valence-corrected chi connectivity index (χ2v) is 10.8. The molecule has 3 amide bonds. The Bertz CT molecular complexity index is 980. The molecule has 11 heteroatoms. The number of benzene rings is 1. The standard InChI is InChI=1S/C26H38N6O4S/c1-3-32-25(36)22(37-26(32)21(15-27)24(35)30-18(2)17-33)16-29-20-9-6-8-19(14-20)23(34)28-10-7-13-31-11-4-5-12-31/h6,8-9,14,18,21-22,26,29,33H,3-5,7,10-13,16-17H2,1-2H3,(H,28,34)(H,30,35)/t18-,21?,22?,26?/m0/s1. The Morgan fingerprint density at radius 1 is 1.30 bits per heavy atom. The number of aliphatic hydroxyl groups excluding tert-OH is 1. The zero-order chi connectivity index (χ0) is 26.8. The number of nitrogens with one attached hydrogen (secondary N) is 3. The van der Waals surface area contributed by atoms with E-state index in [-0.39, 0.29) is 18.4 Å². The lowest BCUT2D eigenvalue weighted by Gasteiger charge is -2.26. The van der Waals surface area contributed by atoms with Crippen LogP contribution in [0.5, 0.6) is 0 Å². The van der Waals surface area contributed by atoms with Crippen LogP contribution in [0, 0.1) is 17.2 Å². The number of anilines is 1. The fourth-order valence-corrected chi connectivity index (χ4v) is 6.07. The molecule has 0 radical (unpaired) electrons. The zero-order valence-electron chi connectivity index (χ0n) is 21.6. The first-order chi connectivity index (χ1) is 17.9. The number of hydrogen-bond donors (Lipinski definition) is 4. The van der Waals surface area contributed by atoms with Gasteiger partial charge in [-0.3, -0.25) is 14.4 Å². The van der Waals surface area contributed by atoms with Gasteiger partial charge in [0.15, 0.2) is 5.92 Å². The van der Waals surface area contributed by atoms with E-state index in [9.17, 15) is 24.8 Å². The van der Waals surface area contributed by atoms with E-state index in [2.05, 4.69) is 20.9 Å². The molecule has 0 spiro atoms. The number of nitriles is 1. The van der Waals surface area contributed by atoms with Crippen molar-refractivity contribution in [2.75, 3.05) is 51.2 Å². The smallest absolute Gasteiger partial charge is 0.251 e. The summed E-state index contributed by atoms with van der Waals surface area (Å²) in [5, 5.41) is 26.6. The minimum Gasteiger partial charge on any atom is -0.394 e. The van der Waals surface area contributed by atoms with Crippen LogP contribution in [-0.2, 0) is 9.59 Å². The van der Waals surface area contributed by atoms with E-state index in [1.54, 1.807) is 30.0 Å². The van der Waals surface area contributed by atoms with Crippen LogP contribution in [0.3, 0.4) is 0 Å². The summed E-state index contributed by atoms with van der Waals surface area (Å²) in [6, 6.07) is 8.71. The third kappa shape index (κ3) is 7.84. The Kier molecular flexibility index (Phi) is 11.0. The molecule has 0 aliphatic carbocycles. The van der Waals surface area contributed by atoms with E-state index in [4.69, 9.17) is 0 Å². The van der Waals surface area contributed by atoms with E-state index < -0.39 is 28.5 Å². The maximum Gasteiger partial charge on any atom is 0.251 e. The van der Waals surface area contributed by atoms with Crippen molar-refractivity contribution < 1.29 is 19.5 Å². The van der Waals surface area contributed by atoms with Crippen molar-refractivity contribution in [3.05, 3.63) is 29.8 Å². The molecule has 3 unspecified atom stereocenters. The normalized spacial score (nSPS) is 21.4. The van der Waals surface area contributed by atoms with Crippen molar-refractivity contribution in [2.24, 2.45) is 5.92 Å². The number of carbonyl (C=O) groups is 3. The molecule has 0 bridgehead atoms. The molecule has 2 fully saturated rings. The second kappa shape index (κ2) is 14.2. The zero-order valence-corrected chi connectivity index (χ0v) is 22.4. The Morgan fingerprint density at radius 3 is 2.73 bits per heavy atom. The number of carbonyl (C=O) groups excluding carboxylic acids is 3. The van der Waals surface area contributed by atoms with Crippen molar-refractivity contribution >= 4 is 35.2 Å². The van der Waals surface area contributed by atoms with Crippen LogP contribution in [0.15, 0.2) is 24.3 Å². The summed E-state index contributed by atoms with van der Waals surface area (Å²) >= 11 is 1.29. The quantitative estimate of drug-likeness (QED) is 0.280. The summed E-state index contributed by atoms with van der Waals surface area (Å²) < 4.78 is 0. The molecule has 3 rings (SSSR count). The monoisotopic (exact) mass is 530 g/mol. The van der Waals surface area contributed by atoms with E-state index in [0.29, 0.717) is 25.2 Å². The molecule has 4 atom stereocenters. The van der Waals surface area contributed by atoms with E-state index in [0.717, 1.165) is 31.7 Å². The molecular weight excluding hydrogens is 492 g/mol. The first kappa shape index (κ1) is 28.8. The summed E-state index contributed by atoms with van der Waals surface area (Å²) in [5.74, 6) is -1.82. The largest absolute Gasteiger partial charge is 0.394 e. The first-order valence-corrected chi connectivity index (χ1v) is 13.9. The van der Waals surface area contributed by atoms with Gasteiger partial charge in [0.25, 0.3) is 5.91 Å². The van der Waals surface area contributed by atoms with Crippen LogP contribution >= 0.6 is 11.8 Å². The average Bonchev–Trinajstić information content (AvgIpc) is 3.53. The maximum atomic E-state index is 13.0. The summed E-state index contributed by atoms with van der Waals surface area (Å²) in [4.78, 5) is 42.2. The van der Waals surface area contributed by atoms with E-state index in [1.165, 1.54) is 24.6 Å². The van der Waals surface area contributed by atoms with Gasteiger partial charge in [0.1, 0.15) is 10.6 Å². The average molecular weight is 531 g/mol. The van der Waals surface area contributed by atoms with Gasteiger partial charge in [-0.15, -0.1) is 11.8 Å². The van der Waals surface area contributed by atoms with Gasteiger partial charge in [-0.2, -0.15) is 5.26 Å². The number of hydrogen-bond acceptors (Lipinski definition) is 8. The Labute approximate surface area is 223 Å². The summed E-state index contributed by atoms with van der Waals surface area (Å²) in [6.45, 7) is 7.81. The highest BCUT2D eigenvalue weighted by Crippen LogP contribution is 2.36. The minimum atomic E-state index is -1.05. The highest BCUT2D eigenvalue weighted by atomic mass is 32.2. The lowest BCUT2D eigenvalue weighted by molar-refractivity contribution is -0.131. The number of aliphatic hydroxyl groups is 1. The fraction of sp³-hybridized carbons (Fsp3) is 0.615. The van der Waals surface area contributed by atoms with Crippen LogP contribution in [0.25, 0.3) is 0 Å². The number of likely N-dealkylation sites (tertiary alicyclic amines) is 1. The van der Waals surface area contributed by atoms with Gasteiger partial charge < -0.3 is 30.9 Å². The predicted octanol–water partition coefficient (Wildman–Crippen LogP) is 1.24. The van der Waals surface area contributed by atoms with E-state index in [1.807, 2.05) is 19.1 Å². The van der Waals surface area contributed by atoms with Gasteiger partial charge in [0.05, 0.1) is 12.7 Å². The van der Waals surface area contributed by atoms with Crippen LogP contribution in [0.1, 0.15) is 43.5 Å². The van der Waals surface area contributed by atoms with Crippen molar-refractivity contribution in [3.8, 4) is 6.07 Å². The third-order valence-corrected chi connectivity index (χ3v) is 8.13. The lowest BCUT2D eigenvalue weighted by Crippen LogP contribution is -2.46. The van der Waals surface area contributed by atoms with Crippen LogP contribution in [0.2, 0.25) is 0 Å². The molecule has 0 aromatic heterocycles. The van der Waals surface area contributed by atoms with Gasteiger partial charge in [-0.05, 0) is 70.9 Å². The van der Waals surface area contributed by atoms with Gasteiger partial charge in [0, 0.05) is 36.9 Å². The third-order valence-electron chi connectivity index (χ3n) is 6.63. The molecule has 0 saturated carbocycles. The number of nitrogens with zero attached hydrogens (tertiary/aromatic N) is 3. The number of amides is 3. The molecule has 1 aromatic rings. The maximum absolute atomic E-state index is 13.0.